The van der Waals surface area contributed by atoms with E-state index in [2.05, 4.69) is 21.4 Å². The van der Waals surface area contributed by atoms with E-state index in [-0.39, 0.29) is 13.2 Å². The number of ether oxygens (including phenoxy) is 1. The number of nitrogens with one attached hydrogen (secondary N) is 1. The van der Waals surface area contributed by atoms with Gasteiger partial charge in [-0.1, -0.05) is 24.3 Å². The second-order valence-electron chi connectivity index (χ2n) is 6.84. The van der Waals surface area contributed by atoms with Crippen LogP contribution in [0.15, 0.2) is 36.8 Å². The molecule has 0 fully saturated rings. The number of anilines is 1. The van der Waals surface area contributed by atoms with Gasteiger partial charge in [-0.3, -0.25) is 0 Å². The molecule has 0 spiro atoms. The molecule has 0 saturated heterocycles. The lowest BCUT2D eigenvalue weighted by atomic mass is 10.0. The van der Waals surface area contributed by atoms with E-state index in [1.807, 2.05) is 24.4 Å². The van der Waals surface area contributed by atoms with Crippen LogP contribution in [-0.2, 0) is 11.3 Å². The number of aliphatic hydroxyl groups is 3. The van der Waals surface area contributed by atoms with Crippen molar-refractivity contribution in [3.05, 3.63) is 42.4 Å². The van der Waals surface area contributed by atoms with Crippen molar-refractivity contribution >= 4 is 16.9 Å². The summed E-state index contributed by atoms with van der Waals surface area (Å²) in [6.45, 7) is 1.44. The highest BCUT2D eigenvalue weighted by Gasteiger charge is 2.36. The molecule has 0 bridgehead atoms. The third kappa shape index (κ3) is 2.96. The first kappa shape index (κ1) is 17.9. The molecule has 2 atom stereocenters. The van der Waals surface area contributed by atoms with Crippen LogP contribution < -0.4 is 5.32 Å². The number of fused-ring (bicyclic) bond motifs is 2. The quantitative estimate of drug-likeness (QED) is 0.517. The summed E-state index contributed by atoms with van der Waals surface area (Å²) in [7, 11) is 0. The van der Waals surface area contributed by atoms with E-state index in [0.717, 1.165) is 22.1 Å². The van der Waals surface area contributed by atoms with Gasteiger partial charge in [0.05, 0.1) is 25.2 Å². The van der Waals surface area contributed by atoms with E-state index in [4.69, 9.17) is 4.74 Å². The molecule has 0 aliphatic carbocycles. The lowest BCUT2D eigenvalue weighted by molar-refractivity contribution is -0.159. The van der Waals surface area contributed by atoms with Crippen LogP contribution in [0.5, 0.6) is 0 Å². The zero-order chi connectivity index (χ0) is 19.0. The van der Waals surface area contributed by atoms with Crippen molar-refractivity contribution < 1.29 is 20.1 Å². The maximum atomic E-state index is 10.7. The molecule has 27 heavy (non-hydrogen) atoms. The van der Waals surface area contributed by atoms with Gasteiger partial charge < -0.3 is 29.9 Å². The minimum absolute atomic E-state index is 0.0165. The lowest BCUT2D eigenvalue weighted by Crippen LogP contribution is -2.41. The van der Waals surface area contributed by atoms with E-state index in [9.17, 15) is 15.3 Å². The van der Waals surface area contributed by atoms with Gasteiger partial charge in [0.25, 0.3) is 0 Å². The summed E-state index contributed by atoms with van der Waals surface area (Å²) < 4.78 is 7.40. The molecule has 1 aliphatic rings. The highest BCUT2D eigenvalue weighted by molar-refractivity contribution is 6.02. The summed E-state index contributed by atoms with van der Waals surface area (Å²) in [5, 5.41) is 33.7. The third-order valence-electron chi connectivity index (χ3n) is 4.83. The fraction of sp³-hybridized carbons (Fsp3) is 0.368. The fourth-order valence-electron chi connectivity index (χ4n) is 3.52. The molecule has 8 nitrogen and oxygen atoms in total. The van der Waals surface area contributed by atoms with Gasteiger partial charge >= 0.3 is 0 Å². The second kappa shape index (κ2) is 6.90. The van der Waals surface area contributed by atoms with Gasteiger partial charge in [-0.05, 0) is 18.1 Å². The van der Waals surface area contributed by atoms with E-state index >= 15 is 0 Å². The van der Waals surface area contributed by atoms with E-state index < -0.39 is 18.4 Å². The van der Waals surface area contributed by atoms with Crippen molar-refractivity contribution in [3.8, 4) is 11.1 Å². The molecule has 0 amide bonds. The van der Waals surface area contributed by atoms with E-state index in [1.165, 1.54) is 13.3 Å². The predicted molar refractivity (Wildman–Crippen MR) is 100 cm³/mol. The molecular weight excluding hydrogens is 348 g/mol. The Bertz CT molecular complexity index is 969. The molecule has 2 aromatic heterocycles. The molecule has 1 unspecified atom stereocenters. The minimum atomic E-state index is -1.57. The van der Waals surface area contributed by atoms with Gasteiger partial charge in [0.2, 0.25) is 0 Å². The van der Waals surface area contributed by atoms with Crippen LogP contribution in [0.2, 0.25) is 0 Å². The normalized spacial score (nSPS) is 16.3. The zero-order valence-electron chi connectivity index (χ0n) is 15.0. The second-order valence-corrected chi connectivity index (χ2v) is 6.84. The standard InChI is InChI=1S/C19H22N4O4/c1-19(26,10-25)18(27-7-6-24)23-9-14-13-5-3-2-4-12(13)8-20-16-15(14)17(23)22-11-21-16/h2-5,9,11,18,24-26H,6-8,10H2,1H3,(H,20,21,22)/t18?,19-/m1/s1. The van der Waals surface area contributed by atoms with Crippen LogP contribution in [-0.4, -0.2) is 55.3 Å². The minimum Gasteiger partial charge on any atom is -0.394 e. The molecule has 4 N–H and O–H groups in total. The van der Waals surface area contributed by atoms with Gasteiger partial charge in [-0.25, -0.2) is 9.97 Å². The van der Waals surface area contributed by atoms with Gasteiger partial charge in [0, 0.05) is 18.3 Å². The predicted octanol–water partition coefficient (Wildman–Crippen LogP) is 1.27. The van der Waals surface area contributed by atoms with Gasteiger partial charge in [-0.15, -0.1) is 0 Å². The Morgan fingerprint density at radius 2 is 2.07 bits per heavy atom. The molecular formula is C19H22N4O4. The number of aromatic nitrogens is 3. The summed E-state index contributed by atoms with van der Waals surface area (Å²) in [5.74, 6) is 0.703. The van der Waals surface area contributed by atoms with Crippen molar-refractivity contribution in [2.75, 3.05) is 25.1 Å². The largest absolute Gasteiger partial charge is 0.394 e. The van der Waals surface area contributed by atoms with Gasteiger partial charge in [-0.2, -0.15) is 0 Å². The first-order valence-electron chi connectivity index (χ1n) is 8.80. The zero-order valence-corrected chi connectivity index (χ0v) is 15.0. The third-order valence-corrected chi connectivity index (χ3v) is 4.83. The molecule has 3 heterocycles. The number of hydrogen-bond donors (Lipinski definition) is 4. The highest BCUT2D eigenvalue weighted by Crippen LogP contribution is 2.40. The first-order chi connectivity index (χ1) is 13.1. The Hall–Kier alpha value is -2.52. The maximum Gasteiger partial charge on any atom is 0.166 e. The average Bonchev–Trinajstić information content (AvgIpc) is 2.98. The molecule has 4 rings (SSSR count). The lowest BCUT2D eigenvalue weighted by Gasteiger charge is -2.32. The molecule has 0 saturated carbocycles. The Morgan fingerprint density at radius 1 is 1.26 bits per heavy atom. The van der Waals surface area contributed by atoms with Crippen molar-refractivity contribution in [2.45, 2.75) is 25.3 Å². The molecule has 1 aromatic carbocycles. The van der Waals surface area contributed by atoms with Crippen LogP contribution >= 0.6 is 0 Å². The van der Waals surface area contributed by atoms with Gasteiger partial charge in [0.15, 0.2) is 6.23 Å². The number of hydrogen-bond acceptors (Lipinski definition) is 7. The van der Waals surface area contributed by atoms with Crippen LogP contribution in [0.4, 0.5) is 5.82 Å². The van der Waals surface area contributed by atoms with E-state index in [1.54, 1.807) is 4.57 Å². The average molecular weight is 370 g/mol. The molecule has 142 valence electrons. The summed E-state index contributed by atoms with van der Waals surface area (Å²) in [5.41, 5.74) is 2.10. The Kier molecular flexibility index (Phi) is 4.56. The summed E-state index contributed by atoms with van der Waals surface area (Å²) in [6, 6.07) is 8.04. The Balaban J connectivity index is 1.96. The van der Waals surface area contributed by atoms with Crippen molar-refractivity contribution in [1.29, 1.82) is 0 Å². The van der Waals surface area contributed by atoms with Crippen LogP contribution in [0.25, 0.3) is 22.2 Å². The monoisotopic (exact) mass is 370 g/mol. The first-order valence-corrected chi connectivity index (χ1v) is 8.80. The topological polar surface area (TPSA) is 113 Å². The molecule has 3 aromatic rings. The smallest absolute Gasteiger partial charge is 0.166 e. The fourth-order valence-corrected chi connectivity index (χ4v) is 3.52. The number of rotatable bonds is 6. The summed E-state index contributed by atoms with van der Waals surface area (Å²) >= 11 is 0. The van der Waals surface area contributed by atoms with Crippen molar-refractivity contribution in [1.82, 2.24) is 14.5 Å². The number of aliphatic hydroxyl groups excluding tert-OH is 2. The van der Waals surface area contributed by atoms with Crippen LogP contribution in [0, 0.1) is 0 Å². The molecule has 1 aliphatic heterocycles. The Labute approximate surface area is 156 Å². The van der Waals surface area contributed by atoms with Gasteiger partial charge in [0.1, 0.15) is 23.4 Å². The highest BCUT2D eigenvalue weighted by atomic mass is 16.5. The molecule has 0 radical (unpaired) electrons. The van der Waals surface area contributed by atoms with Crippen LogP contribution in [0.1, 0.15) is 18.7 Å². The summed E-state index contributed by atoms with van der Waals surface area (Å²) in [6.07, 6.45) is 2.39. The Morgan fingerprint density at radius 3 is 2.85 bits per heavy atom. The number of nitrogens with zero attached hydrogens (tertiary/aromatic N) is 3. The maximum absolute atomic E-state index is 10.7. The van der Waals surface area contributed by atoms with Crippen molar-refractivity contribution in [3.63, 3.8) is 0 Å². The van der Waals surface area contributed by atoms with Crippen molar-refractivity contribution in [2.24, 2.45) is 0 Å². The number of benzene rings is 1. The summed E-state index contributed by atoms with van der Waals surface area (Å²) in [4.78, 5) is 8.78. The van der Waals surface area contributed by atoms with Crippen LogP contribution in [0.3, 0.4) is 0 Å². The SMILES string of the molecule is C[C@@](O)(CO)C(OCCO)n1cc2c3c(ncnc31)NCc1ccccc1-2. The molecule has 8 heteroatoms. The van der Waals surface area contributed by atoms with E-state index in [0.29, 0.717) is 18.0 Å².